The van der Waals surface area contributed by atoms with Gasteiger partial charge in [-0.2, -0.15) is 0 Å². The second kappa shape index (κ2) is 7.34. The molecule has 5 heteroatoms. The fraction of sp³-hybridized carbons (Fsp3) is 1.00. The Bertz CT molecular complexity index is 296. The molecule has 0 aliphatic carbocycles. The van der Waals surface area contributed by atoms with Crippen LogP contribution in [0.5, 0.6) is 0 Å². The smallest absolute Gasteiger partial charge is 0.153 e. The predicted molar refractivity (Wildman–Crippen MR) is 72.1 cm³/mol. The number of hydrogen-bond acceptors (Lipinski definition) is 4. The van der Waals surface area contributed by atoms with E-state index in [4.69, 9.17) is 0 Å². The molecule has 102 valence electrons. The average Bonchev–Trinajstić information content (AvgIpc) is 2.29. The number of nitrogens with zero attached hydrogens (tertiary/aromatic N) is 1. The van der Waals surface area contributed by atoms with Crippen LogP contribution in [0.1, 0.15) is 33.1 Å². The molecule has 1 aliphatic rings. The molecule has 0 unspecified atom stereocenters. The molecule has 1 saturated heterocycles. The molecule has 1 N–H and O–H groups in total. The molecule has 0 radical (unpaired) electrons. The van der Waals surface area contributed by atoms with Gasteiger partial charge in [0, 0.05) is 19.6 Å². The van der Waals surface area contributed by atoms with Crippen molar-refractivity contribution in [2.24, 2.45) is 0 Å². The van der Waals surface area contributed by atoms with E-state index in [1.54, 1.807) is 13.8 Å². The maximum absolute atomic E-state index is 11.5. The van der Waals surface area contributed by atoms with Crippen LogP contribution in [0.2, 0.25) is 0 Å². The maximum Gasteiger partial charge on any atom is 0.153 e. The van der Waals surface area contributed by atoms with Crippen LogP contribution in [0.4, 0.5) is 0 Å². The zero-order chi connectivity index (χ0) is 12.7. The Balaban J connectivity index is 2.04. The van der Waals surface area contributed by atoms with E-state index >= 15 is 0 Å². The van der Waals surface area contributed by atoms with E-state index < -0.39 is 9.84 Å². The van der Waals surface area contributed by atoms with Crippen molar-refractivity contribution in [2.75, 3.05) is 38.5 Å². The van der Waals surface area contributed by atoms with Crippen LogP contribution in [0.3, 0.4) is 0 Å². The highest BCUT2D eigenvalue weighted by molar-refractivity contribution is 7.92. The molecule has 1 aliphatic heterocycles. The number of sulfone groups is 1. The standard InChI is InChI=1S/C12H26N2O2S/c1-12(2)17(15,16)11-7-13-6-10-14-8-4-3-5-9-14/h12-13H,3-11H2,1-2H3. The van der Waals surface area contributed by atoms with Gasteiger partial charge < -0.3 is 10.2 Å². The first-order chi connectivity index (χ1) is 8.02. The number of hydrogen-bond donors (Lipinski definition) is 1. The number of likely N-dealkylation sites (tertiary alicyclic amines) is 1. The van der Waals surface area contributed by atoms with Gasteiger partial charge in [0.05, 0.1) is 11.0 Å². The molecule has 0 bridgehead atoms. The largest absolute Gasteiger partial charge is 0.314 e. The van der Waals surface area contributed by atoms with E-state index in [0.29, 0.717) is 6.54 Å². The lowest BCUT2D eigenvalue weighted by atomic mass is 10.1. The van der Waals surface area contributed by atoms with Gasteiger partial charge in [0.2, 0.25) is 0 Å². The van der Waals surface area contributed by atoms with Crippen molar-refractivity contribution in [2.45, 2.75) is 38.4 Å². The highest BCUT2D eigenvalue weighted by Gasteiger charge is 2.15. The fourth-order valence-corrected chi connectivity index (χ4v) is 2.90. The van der Waals surface area contributed by atoms with Crippen LogP contribution in [0, 0.1) is 0 Å². The van der Waals surface area contributed by atoms with Crippen LogP contribution in [0.15, 0.2) is 0 Å². The van der Waals surface area contributed by atoms with Crippen LogP contribution in [-0.4, -0.2) is 57.0 Å². The third kappa shape index (κ3) is 5.84. The first-order valence-corrected chi connectivity index (χ1v) is 8.38. The SMILES string of the molecule is CC(C)S(=O)(=O)CCNCCN1CCCCC1. The molecule has 0 aromatic carbocycles. The molecule has 0 saturated carbocycles. The van der Waals surface area contributed by atoms with Crippen molar-refractivity contribution in [3.63, 3.8) is 0 Å². The lowest BCUT2D eigenvalue weighted by Crippen LogP contribution is -2.37. The Morgan fingerprint density at radius 2 is 1.76 bits per heavy atom. The Morgan fingerprint density at radius 3 is 2.35 bits per heavy atom. The minimum absolute atomic E-state index is 0.255. The van der Waals surface area contributed by atoms with Gasteiger partial charge in [-0.1, -0.05) is 6.42 Å². The summed E-state index contributed by atoms with van der Waals surface area (Å²) in [7, 11) is -2.88. The maximum atomic E-state index is 11.5. The first-order valence-electron chi connectivity index (χ1n) is 6.67. The third-order valence-corrected chi connectivity index (χ3v) is 5.54. The predicted octanol–water partition coefficient (Wildman–Crippen LogP) is 0.885. The van der Waals surface area contributed by atoms with Gasteiger partial charge >= 0.3 is 0 Å². The summed E-state index contributed by atoms with van der Waals surface area (Å²) in [5.41, 5.74) is 0. The molecule has 0 amide bonds. The quantitative estimate of drug-likeness (QED) is 0.692. The van der Waals surface area contributed by atoms with Crippen LogP contribution in [-0.2, 0) is 9.84 Å². The molecule has 1 fully saturated rings. The van der Waals surface area contributed by atoms with Crippen molar-refractivity contribution < 1.29 is 8.42 Å². The third-order valence-electron chi connectivity index (χ3n) is 3.34. The van der Waals surface area contributed by atoms with Crippen molar-refractivity contribution in [3.05, 3.63) is 0 Å². The molecule has 1 rings (SSSR count). The van der Waals surface area contributed by atoms with Crippen LogP contribution >= 0.6 is 0 Å². The minimum atomic E-state index is -2.88. The summed E-state index contributed by atoms with van der Waals surface area (Å²) >= 11 is 0. The second-order valence-corrected chi connectivity index (χ2v) is 7.74. The fourth-order valence-electron chi connectivity index (χ4n) is 2.00. The average molecular weight is 262 g/mol. The lowest BCUT2D eigenvalue weighted by molar-refractivity contribution is 0.229. The number of piperidine rings is 1. The van der Waals surface area contributed by atoms with Crippen molar-refractivity contribution in [1.82, 2.24) is 10.2 Å². The van der Waals surface area contributed by atoms with E-state index in [9.17, 15) is 8.42 Å². The summed E-state index contributed by atoms with van der Waals surface area (Å²) in [4.78, 5) is 2.45. The zero-order valence-corrected chi connectivity index (χ0v) is 11.9. The highest BCUT2D eigenvalue weighted by Crippen LogP contribution is 2.07. The minimum Gasteiger partial charge on any atom is -0.314 e. The second-order valence-electron chi connectivity index (χ2n) is 5.07. The molecule has 4 nitrogen and oxygen atoms in total. The van der Waals surface area contributed by atoms with Gasteiger partial charge in [-0.05, 0) is 39.8 Å². The van der Waals surface area contributed by atoms with Gasteiger partial charge in [0.25, 0.3) is 0 Å². The molecule has 0 spiro atoms. The number of nitrogens with one attached hydrogen (secondary N) is 1. The molecule has 0 aromatic rings. The van der Waals surface area contributed by atoms with E-state index in [-0.39, 0.29) is 11.0 Å². The summed E-state index contributed by atoms with van der Waals surface area (Å²) in [6.07, 6.45) is 3.97. The lowest BCUT2D eigenvalue weighted by Gasteiger charge is -2.26. The Morgan fingerprint density at radius 1 is 1.12 bits per heavy atom. The summed E-state index contributed by atoms with van der Waals surface area (Å²) in [6, 6.07) is 0. The molecule has 0 atom stereocenters. The normalized spacial score (nSPS) is 18.8. The van der Waals surface area contributed by atoms with Crippen molar-refractivity contribution in [3.8, 4) is 0 Å². The molecular weight excluding hydrogens is 236 g/mol. The van der Waals surface area contributed by atoms with E-state index in [0.717, 1.165) is 13.1 Å². The van der Waals surface area contributed by atoms with Crippen molar-refractivity contribution >= 4 is 9.84 Å². The van der Waals surface area contributed by atoms with E-state index in [1.165, 1.54) is 32.4 Å². The van der Waals surface area contributed by atoms with Gasteiger partial charge in [-0.25, -0.2) is 8.42 Å². The number of rotatable bonds is 7. The van der Waals surface area contributed by atoms with Crippen LogP contribution in [0.25, 0.3) is 0 Å². The Labute approximate surface area is 106 Å². The summed E-state index contributed by atoms with van der Waals surface area (Å²) < 4.78 is 23.1. The van der Waals surface area contributed by atoms with Crippen molar-refractivity contribution in [1.29, 1.82) is 0 Å². The topological polar surface area (TPSA) is 49.4 Å². The highest BCUT2D eigenvalue weighted by atomic mass is 32.2. The summed E-state index contributed by atoms with van der Waals surface area (Å²) in [6.45, 7) is 8.40. The summed E-state index contributed by atoms with van der Waals surface area (Å²) in [5, 5.41) is 2.96. The van der Waals surface area contributed by atoms with E-state index in [1.807, 2.05) is 0 Å². The van der Waals surface area contributed by atoms with Gasteiger partial charge in [0.1, 0.15) is 0 Å². The monoisotopic (exact) mass is 262 g/mol. The Hall–Kier alpha value is -0.130. The van der Waals surface area contributed by atoms with Gasteiger partial charge in [-0.15, -0.1) is 0 Å². The zero-order valence-electron chi connectivity index (χ0n) is 11.1. The van der Waals surface area contributed by atoms with Crippen LogP contribution < -0.4 is 5.32 Å². The van der Waals surface area contributed by atoms with Gasteiger partial charge in [-0.3, -0.25) is 0 Å². The molecule has 0 aromatic heterocycles. The van der Waals surface area contributed by atoms with Gasteiger partial charge in [0.15, 0.2) is 9.84 Å². The molecular formula is C12H26N2O2S. The molecule has 1 heterocycles. The Kier molecular flexibility index (Phi) is 6.44. The first kappa shape index (κ1) is 14.9. The summed E-state index contributed by atoms with van der Waals surface area (Å²) in [5.74, 6) is 0.255. The molecule has 17 heavy (non-hydrogen) atoms. The van der Waals surface area contributed by atoms with E-state index in [2.05, 4.69) is 10.2 Å².